The third-order valence-corrected chi connectivity index (χ3v) is 3.23. The van der Waals surface area contributed by atoms with E-state index in [1.165, 1.54) is 12.0 Å². The number of likely N-dealkylation sites (N-methyl/N-ethyl adjacent to an activating group) is 1. The van der Waals surface area contributed by atoms with Gasteiger partial charge in [-0.3, -0.25) is 9.69 Å². The molecule has 1 aliphatic rings. The number of hydrogen-bond acceptors (Lipinski definition) is 6. The van der Waals surface area contributed by atoms with E-state index in [1.807, 2.05) is 0 Å². The van der Waals surface area contributed by atoms with Crippen LogP contribution >= 0.6 is 0 Å². The van der Waals surface area contributed by atoms with E-state index in [-0.39, 0.29) is 25.0 Å². The first-order valence-electron chi connectivity index (χ1n) is 7.55. The van der Waals surface area contributed by atoms with Gasteiger partial charge in [0.05, 0.1) is 13.7 Å². The topological polar surface area (TPSA) is 88.2 Å². The highest BCUT2D eigenvalue weighted by Crippen LogP contribution is 2.22. The van der Waals surface area contributed by atoms with Gasteiger partial charge in [-0.15, -0.1) is 0 Å². The Bertz CT molecular complexity index is 459. The molecule has 132 valence electrons. The fourth-order valence-corrected chi connectivity index (χ4v) is 2.38. The van der Waals surface area contributed by atoms with E-state index in [9.17, 15) is 14.4 Å². The van der Waals surface area contributed by atoms with Gasteiger partial charge >= 0.3 is 12.1 Å². The smallest absolute Gasteiger partial charge is 0.411 e. The van der Waals surface area contributed by atoms with Crippen LogP contribution in [0.1, 0.15) is 27.2 Å². The van der Waals surface area contributed by atoms with E-state index in [2.05, 4.69) is 5.32 Å². The molecule has 1 aliphatic heterocycles. The lowest BCUT2D eigenvalue weighted by Gasteiger charge is -2.27. The quantitative estimate of drug-likeness (QED) is 0.742. The lowest BCUT2D eigenvalue weighted by molar-refractivity contribution is -0.145. The number of nitrogens with zero attached hydrogens (tertiary/aromatic N) is 2. The standard InChI is InChI=1S/C15H27N3O5/c1-15(2,3)23-14(21)18-8-10(7-11(18)13(20)22-6)16-12(19)9-17(4)5/h10-11H,7-9H2,1-6H3,(H,16,19)/t10-,11+/m1/s1. The molecule has 0 saturated carbocycles. The van der Waals surface area contributed by atoms with Gasteiger partial charge in [-0.05, 0) is 34.9 Å². The highest BCUT2D eigenvalue weighted by atomic mass is 16.6. The zero-order valence-electron chi connectivity index (χ0n) is 14.7. The number of ether oxygens (including phenoxy) is 2. The molecule has 2 amide bonds. The highest BCUT2D eigenvalue weighted by Gasteiger charge is 2.42. The Morgan fingerprint density at radius 3 is 2.35 bits per heavy atom. The summed E-state index contributed by atoms with van der Waals surface area (Å²) in [6, 6.07) is -1.06. The van der Waals surface area contributed by atoms with Crippen molar-refractivity contribution in [2.24, 2.45) is 0 Å². The second kappa shape index (κ2) is 7.63. The van der Waals surface area contributed by atoms with Crippen LogP contribution in [0, 0.1) is 0 Å². The number of carbonyl (C=O) groups excluding carboxylic acids is 3. The maximum absolute atomic E-state index is 12.3. The van der Waals surface area contributed by atoms with Gasteiger partial charge in [0.25, 0.3) is 0 Å². The summed E-state index contributed by atoms with van der Waals surface area (Å²) in [6.07, 6.45) is -0.275. The number of hydrogen-bond donors (Lipinski definition) is 1. The van der Waals surface area contributed by atoms with Crippen LogP contribution in [0.15, 0.2) is 0 Å². The van der Waals surface area contributed by atoms with E-state index in [0.29, 0.717) is 6.42 Å². The number of likely N-dealkylation sites (tertiary alicyclic amines) is 1. The largest absolute Gasteiger partial charge is 0.467 e. The maximum atomic E-state index is 12.3. The molecule has 0 bridgehead atoms. The summed E-state index contributed by atoms with van der Waals surface area (Å²) >= 11 is 0. The fraction of sp³-hybridized carbons (Fsp3) is 0.800. The van der Waals surface area contributed by atoms with Gasteiger partial charge < -0.3 is 19.7 Å². The Morgan fingerprint density at radius 2 is 1.87 bits per heavy atom. The number of amides is 2. The molecule has 23 heavy (non-hydrogen) atoms. The third-order valence-electron chi connectivity index (χ3n) is 3.23. The van der Waals surface area contributed by atoms with E-state index in [4.69, 9.17) is 9.47 Å². The van der Waals surface area contributed by atoms with Gasteiger partial charge in [-0.2, -0.15) is 0 Å². The zero-order chi connectivity index (χ0) is 17.8. The van der Waals surface area contributed by atoms with Crippen LogP contribution in [0.25, 0.3) is 0 Å². The maximum Gasteiger partial charge on any atom is 0.411 e. The molecule has 1 fully saturated rings. The van der Waals surface area contributed by atoms with Crippen LogP contribution < -0.4 is 5.32 Å². The van der Waals surface area contributed by atoms with Crippen molar-refractivity contribution in [3.8, 4) is 0 Å². The van der Waals surface area contributed by atoms with Crippen molar-refractivity contribution in [1.82, 2.24) is 15.1 Å². The number of methoxy groups -OCH3 is 1. The van der Waals surface area contributed by atoms with E-state index in [1.54, 1.807) is 39.8 Å². The van der Waals surface area contributed by atoms with Crippen molar-refractivity contribution >= 4 is 18.0 Å². The van der Waals surface area contributed by atoms with Crippen LogP contribution in [-0.4, -0.2) is 79.7 Å². The SMILES string of the molecule is COC(=O)[C@@H]1C[C@@H](NC(=O)CN(C)C)CN1C(=O)OC(C)(C)C. The average Bonchev–Trinajstić information content (AvgIpc) is 2.78. The Morgan fingerprint density at radius 1 is 1.26 bits per heavy atom. The highest BCUT2D eigenvalue weighted by molar-refractivity contribution is 5.83. The van der Waals surface area contributed by atoms with Crippen LogP contribution in [0.5, 0.6) is 0 Å². The van der Waals surface area contributed by atoms with Crippen molar-refractivity contribution in [2.45, 2.75) is 44.9 Å². The normalized spacial score (nSPS) is 21.3. The van der Waals surface area contributed by atoms with Gasteiger partial charge in [-0.1, -0.05) is 0 Å². The van der Waals surface area contributed by atoms with Crippen LogP contribution in [0.3, 0.4) is 0 Å². The van der Waals surface area contributed by atoms with Gasteiger partial charge in [0.15, 0.2) is 0 Å². The van der Waals surface area contributed by atoms with E-state index in [0.717, 1.165) is 0 Å². The molecule has 0 aromatic rings. The first-order chi connectivity index (χ1) is 10.5. The molecule has 0 aliphatic carbocycles. The summed E-state index contributed by atoms with van der Waals surface area (Å²) in [6.45, 7) is 5.72. The summed E-state index contributed by atoms with van der Waals surface area (Å²) < 4.78 is 10.1. The Kier molecular flexibility index (Phi) is 6.37. The van der Waals surface area contributed by atoms with Crippen molar-refractivity contribution in [2.75, 3.05) is 34.3 Å². The predicted molar refractivity (Wildman–Crippen MR) is 83.8 cm³/mol. The monoisotopic (exact) mass is 329 g/mol. The Hall–Kier alpha value is -1.83. The summed E-state index contributed by atoms with van der Waals surface area (Å²) in [4.78, 5) is 39.1. The Balaban J connectivity index is 2.77. The zero-order valence-corrected chi connectivity index (χ0v) is 14.7. The average molecular weight is 329 g/mol. The van der Waals surface area contributed by atoms with E-state index >= 15 is 0 Å². The molecule has 0 radical (unpaired) electrons. The minimum Gasteiger partial charge on any atom is -0.467 e. The second-order valence-electron chi connectivity index (χ2n) is 6.91. The minimum absolute atomic E-state index is 0.158. The lowest BCUT2D eigenvalue weighted by atomic mass is 10.1. The van der Waals surface area contributed by atoms with Crippen LogP contribution in [-0.2, 0) is 19.1 Å². The van der Waals surface area contributed by atoms with Crippen LogP contribution in [0.4, 0.5) is 4.79 Å². The molecule has 0 spiro atoms. The molecular weight excluding hydrogens is 302 g/mol. The van der Waals surface area contributed by atoms with Crippen molar-refractivity contribution in [3.05, 3.63) is 0 Å². The van der Waals surface area contributed by atoms with Crippen molar-refractivity contribution in [3.63, 3.8) is 0 Å². The number of nitrogens with one attached hydrogen (secondary N) is 1. The van der Waals surface area contributed by atoms with Gasteiger partial charge in [-0.25, -0.2) is 9.59 Å². The number of esters is 1. The van der Waals surface area contributed by atoms with E-state index < -0.39 is 23.7 Å². The second-order valence-corrected chi connectivity index (χ2v) is 6.91. The number of rotatable bonds is 4. The molecule has 0 aromatic heterocycles. The van der Waals surface area contributed by atoms with Gasteiger partial charge in [0.1, 0.15) is 11.6 Å². The summed E-state index contributed by atoms with van der Waals surface area (Å²) in [5.41, 5.74) is -0.663. The van der Waals surface area contributed by atoms with Gasteiger partial charge in [0, 0.05) is 19.0 Å². The first-order valence-corrected chi connectivity index (χ1v) is 7.55. The molecule has 1 saturated heterocycles. The minimum atomic E-state index is -0.750. The lowest BCUT2D eigenvalue weighted by Crippen LogP contribution is -2.45. The number of carbonyl (C=O) groups is 3. The molecule has 8 heteroatoms. The van der Waals surface area contributed by atoms with Crippen molar-refractivity contribution < 1.29 is 23.9 Å². The Labute approximate surface area is 137 Å². The summed E-state index contributed by atoms with van der Waals surface area (Å²) in [5, 5.41) is 2.83. The third kappa shape index (κ3) is 6.05. The molecule has 1 heterocycles. The molecular formula is C15H27N3O5. The molecule has 2 atom stereocenters. The molecule has 8 nitrogen and oxygen atoms in total. The van der Waals surface area contributed by atoms with Crippen molar-refractivity contribution in [1.29, 1.82) is 0 Å². The molecule has 0 aromatic carbocycles. The first kappa shape index (κ1) is 19.2. The van der Waals surface area contributed by atoms with Gasteiger partial charge in [0.2, 0.25) is 5.91 Å². The molecule has 0 unspecified atom stereocenters. The molecule has 1 N–H and O–H groups in total. The summed E-state index contributed by atoms with van der Waals surface area (Å²) in [7, 11) is 4.85. The summed E-state index contributed by atoms with van der Waals surface area (Å²) in [5.74, 6) is -0.671. The molecule has 1 rings (SSSR count). The fourth-order valence-electron chi connectivity index (χ4n) is 2.38. The predicted octanol–water partition coefficient (Wildman–Crippen LogP) is 0.215. The van der Waals surface area contributed by atoms with Crippen LogP contribution in [0.2, 0.25) is 0 Å².